The van der Waals surface area contributed by atoms with E-state index in [2.05, 4.69) is 31.7 Å². The molecule has 0 aliphatic carbocycles. The van der Waals surface area contributed by atoms with E-state index in [4.69, 9.17) is 5.26 Å². The van der Waals surface area contributed by atoms with E-state index in [0.717, 1.165) is 22.3 Å². The van der Waals surface area contributed by atoms with Crippen molar-refractivity contribution in [2.75, 3.05) is 6.54 Å². The summed E-state index contributed by atoms with van der Waals surface area (Å²) in [6.45, 7) is 0.339. The largest absolute Gasteiger partial charge is 0.196 e. The van der Waals surface area contributed by atoms with E-state index in [-0.39, 0.29) is 5.69 Å². The number of rotatable bonds is 4. The molecule has 0 fully saturated rings. The van der Waals surface area contributed by atoms with E-state index < -0.39 is 0 Å². The Labute approximate surface area is 161 Å². The van der Waals surface area contributed by atoms with Crippen molar-refractivity contribution in [1.29, 1.82) is 10.5 Å². The second kappa shape index (κ2) is 7.48. The van der Waals surface area contributed by atoms with Crippen LogP contribution >= 0.6 is 0 Å². The van der Waals surface area contributed by atoms with Gasteiger partial charge in [0.1, 0.15) is 17.5 Å². The zero-order valence-electron chi connectivity index (χ0n) is 14.7. The lowest BCUT2D eigenvalue weighted by molar-refractivity contribution is 0.937. The van der Waals surface area contributed by atoms with Gasteiger partial charge in [0.25, 0.3) is 0 Å². The van der Waals surface area contributed by atoms with Gasteiger partial charge in [0, 0.05) is 11.1 Å². The summed E-state index contributed by atoms with van der Waals surface area (Å²) >= 11 is 0. The van der Waals surface area contributed by atoms with Crippen molar-refractivity contribution in [2.45, 2.75) is 0 Å². The van der Waals surface area contributed by atoms with Crippen LogP contribution in [0.4, 0.5) is 0 Å². The number of aromatic nitrogens is 3. The van der Waals surface area contributed by atoms with E-state index in [0.29, 0.717) is 23.5 Å². The fraction of sp³-hybridized carbons (Fsp3) is 0.0476. The van der Waals surface area contributed by atoms with E-state index in [1.54, 1.807) is 0 Å². The maximum Gasteiger partial charge on any atom is 0.190 e. The molecule has 0 spiro atoms. The first kappa shape index (κ1) is 17.1. The minimum atomic E-state index is 0.265. The Morgan fingerprint density at radius 1 is 0.893 bits per heavy atom. The summed E-state index contributed by atoms with van der Waals surface area (Å²) < 4.78 is 0. The second-order valence-electron chi connectivity index (χ2n) is 6.06. The summed E-state index contributed by atoms with van der Waals surface area (Å²) in [6, 6.07) is 19.7. The normalized spacial score (nSPS) is 13.1. The molecule has 0 saturated carbocycles. The second-order valence-corrected chi connectivity index (χ2v) is 6.06. The topological polar surface area (TPSA) is 114 Å². The molecule has 3 aromatic rings. The molecule has 2 heterocycles. The number of hydrogen-bond acceptors (Lipinski definition) is 6. The summed E-state index contributed by atoms with van der Waals surface area (Å²) in [6.07, 6.45) is 3.96. The number of nitriles is 2. The van der Waals surface area contributed by atoms with E-state index in [9.17, 15) is 5.26 Å². The molecule has 1 aromatic heterocycles. The molecular weight excluding hydrogens is 350 g/mol. The highest BCUT2D eigenvalue weighted by Crippen LogP contribution is 2.27. The van der Waals surface area contributed by atoms with Crippen molar-refractivity contribution >= 4 is 17.8 Å². The third-order valence-corrected chi connectivity index (χ3v) is 4.26. The molecular formula is C21H13N7. The third kappa shape index (κ3) is 3.33. The molecule has 4 rings (SSSR count). The van der Waals surface area contributed by atoms with Crippen LogP contribution in [0.15, 0.2) is 64.3 Å². The summed E-state index contributed by atoms with van der Waals surface area (Å²) in [5.41, 5.74) is 5.64. The number of azo groups is 1. The van der Waals surface area contributed by atoms with Gasteiger partial charge in [-0.25, -0.2) is 0 Å². The molecule has 7 heteroatoms. The zero-order chi connectivity index (χ0) is 19.3. The molecule has 2 aromatic carbocycles. The Hall–Kier alpha value is -4.36. The van der Waals surface area contributed by atoms with Crippen LogP contribution in [-0.2, 0) is 0 Å². The van der Waals surface area contributed by atoms with Crippen molar-refractivity contribution in [2.24, 2.45) is 10.2 Å². The number of H-pyrrole nitrogens is 1. The van der Waals surface area contributed by atoms with Crippen molar-refractivity contribution < 1.29 is 0 Å². The maximum atomic E-state index is 9.19. The van der Waals surface area contributed by atoms with Crippen LogP contribution in [0.25, 0.3) is 29.1 Å². The van der Waals surface area contributed by atoms with Gasteiger partial charge in [-0.1, -0.05) is 48.6 Å². The van der Waals surface area contributed by atoms with Gasteiger partial charge in [-0.2, -0.15) is 31.1 Å². The number of hydrogen-bond donors (Lipinski definition) is 1. The van der Waals surface area contributed by atoms with Gasteiger partial charge in [-0.15, -0.1) is 5.10 Å². The van der Waals surface area contributed by atoms with Gasteiger partial charge in [0.2, 0.25) is 0 Å². The minimum Gasteiger partial charge on any atom is -0.196 e. The molecule has 0 saturated heterocycles. The molecule has 1 aliphatic heterocycles. The summed E-state index contributed by atoms with van der Waals surface area (Å²) in [4.78, 5) is 0. The molecule has 132 valence electrons. The lowest BCUT2D eigenvalue weighted by Gasteiger charge is -2.02. The fourth-order valence-corrected chi connectivity index (χ4v) is 2.91. The third-order valence-electron chi connectivity index (χ3n) is 4.26. The van der Waals surface area contributed by atoms with Crippen LogP contribution < -0.4 is 0 Å². The maximum absolute atomic E-state index is 9.19. The summed E-state index contributed by atoms with van der Waals surface area (Å²) in [5, 5.41) is 36.7. The smallest absolute Gasteiger partial charge is 0.190 e. The van der Waals surface area contributed by atoms with Crippen LogP contribution in [0.3, 0.4) is 0 Å². The predicted octanol–water partition coefficient (Wildman–Crippen LogP) is 4.21. The van der Waals surface area contributed by atoms with Gasteiger partial charge < -0.3 is 0 Å². The average molecular weight is 363 g/mol. The van der Waals surface area contributed by atoms with Crippen LogP contribution in [-0.4, -0.2) is 22.0 Å². The Bertz CT molecular complexity index is 1220. The SMILES string of the molecule is N#CC1=C(c2cccc(/C=C/c3cccc(-c4n[nH]nc4C#N)c3)c2)N=NC1. The van der Waals surface area contributed by atoms with Crippen LogP contribution in [0.1, 0.15) is 22.4 Å². The first-order valence-electron chi connectivity index (χ1n) is 8.49. The zero-order valence-corrected chi connectivity index (χ0v) is 14.7. The number of aromatic amines is 1. The van der Waals surface area contributed by atoms with Gasteiger partial charge in [-0.05, 0) is 23.3 Å². The predicted molar refractivity (Wildman–Crippen MR) is 104 cm³/mol. The standard InChI is InChI=1S/C21H13N7/c22-11-18-13-24-26-20(18)16-5-1-3-14(9-16)7-8-15-4-2-6-17(10-15)21-19(12-23)25-28-27-21/h1-10H,13H2,(H,25,27,28)/b8-7+. The van der Waals surface area contributed by atoms with Gasteiger partial charge in [0.15, 0.2) is 5.69 Å². The highest BCUT2D eigenvalue weighted by molar-refractivity contribution is 5.77. The van der Waals surface area contributed by atoms with Gasteiger partial charge >= 0.3 is 0 Å². The molecule has 1 aliphatic rings. The van der Waals surface area contributed by atoms with Crippen LogP contribution in [0.2, 0.25) is 0 Å². The molecule has 0 atom stereocenters. The highest BCUT2D eigenvalue weighted by Gasteiger charge is 2.14. The van der Waals surface area contributed by atoms with Crippen LogP contribution in [0, 0.1) is 22.7 Å². The van der Waals surface area contributed by atoms with Crippen molar-refractivity contribution in [3.8, 4) is 23.4 Å². The Balaban J connectivity index is 1.62. The lowest BCUT2D eigenvalue weighted by Crippen LogP contribution is -1.86. The molecule has 0 radical (unpaired) electrons. The highest BCUT2D eigenvalue weighted by atomic mass is 15.3. The Kier molecular flexibility index (Phi) is 4.56. The van der Waals surface area contributed by atoms with Gasteiger partial charge in [0.05, 0.1) is 18.2 Å². The van der Waals surface area contributed by atoms with Crippen LogP contribution in [0.5, 0.6) is 0 Å². The van der Waals surface area contributed by atoms with Gasteiger partial charge in [-0.3, -0.25) is 0 Å². The van der Waals surface area contributed by atoms with Crippen molar-refractivity contribution in [1.82, 2.24) is 15.4 Å². The van der Waals surface area contributed by atoms with E-state index in [1.165, 1.54) is 0 Å². The van der Waals surface area contributed by atoms with E-state index in [1.807, 2.05) is 66.8 Å². The monoisotopic (exact) mass is 363 g/mol. The summed E-state index contributed by atoms with van der Waals surface area (Å²) in [7, 11) is 0. The molecule has 1 N–H and O–H groups in total. The average Bonchev–Trinajstić information content (AvgIpc) is 3.41. The molecule has 28 heavy (non-hydrogen) atoms. The first-order chi connectivity index (χ1) is 13.8. The van der Waals surface area contributed by atoms with Crippen molar-refractivity contribution in [3.05, 3.63) is 76.5 Å². The lowest BCUT2D eigenvalue weighted by atomic mass is 10.0. The molecule has 0 bridgehead atoms. The minimum absolute atomic E-state index is 0.265. The Morgan fingerprint density at radius 2 is 1.61 bits per heavy atom. The summed E-state index contributed by atoms with van der Waals surface area (Å²) in [5.74, 6) is 0. The Morgan fingerprint density at radius 3 is 2.32 bits per heavy atom. The molecule has 0 unspecified atom stereocenters. The number of benzene rings is 2. The number of nitrogens with zero attached hydrogens (tertiary/aromatic N) is 6. The number of nitrogens with one attached hydrogen (secondary N) is 1. The van der Waals surface area contributed by atoms with E-state index >= 15 is 0 Å². The first-order valence-corrected chi connectivity index (χ1v) is 8.49. The van der Waals surface area contributed by atoms with Crippen molar-refractivity contribution in [3.63, 3.8) is 0 Å². The molecule has 7 nitrogen and oxygen atoms in total. The quantitative estimate of drug-likeness (QED) is 0.699. The molecule has 0 amide bonds. The fourth-order valence-electron chi connectivity index (χ4n) is 2.91.